The lowest BCUT2D eigenvalue weighted by atomic mass is 10.1. The number of carbonyl (C=O) groups is 1. The zero-order chi connectivity index (χ0) is 20.3. The molecule has 1 aromatic heterocycles. The van der Waals surface area contributed by atoms with Gasteiger partial charge < -0.3 is 14.8 Å². The Morgan fingerprint density at radius 3 is 2.36 bits per heavy atom. The van der Waals surface area contributed by atoms with Crippen LogP contribution in [0.15, 0.2) is 42.5 Å². The Morgan fingerprint density at radius 1 is 1.00 bits per heavy atom. The first-order valence-corrected chi connectivity index (χ1v) is 9.05. The van der Waals surface area contributed by atoms with Gasteiger partial charge in [-0.25, -0.2) is 4.68 Å². The van der Waals surface area contributed by atoms with Crippen LogP contribution < -0.4 is 14.8 Å². The highest BCUT2D eigenvalue weighted by Crippen LogP contribution is 2.25. The maximum atomic E-state index is 12.7. The summed E-state index contributed by atoms with van der Waals surface area (Å²) in [5.74, 6) is 1.81. The Bertz CT molecular complexity index is 988. The fourth-order valence-electron chi connectivity index (χ4n) is 3.24. The minimum atomic E-state index is -0.155. The zero-order valence-corrected chi connectivity index (χ0v) is 16.9. The Kier molecular flexibility index (Phi) is 5.68. The van der Waals surface area contributed by atoms with Crippen molar-refractivity contribution in [1.82, 2.24) is 9.78 Å². The van der Waals surface area contributed by atoms with Gasteiger partial charge in [0.2, 0.25) is 5.91 Å². The van der Waals surface area contributed by atoms with Crippen LogP contribution in [0.1, 0.15) is 22.4 Å². The molecule has 146 valence electrons. The van der Waals surface area contributed by atoms with Crippen molar-refractivity contribution in [3.05, 3.63) is 64.8 Å². The van der Waals surface area contributed by atoms with E-state index in [0.29, 0.717) is 17.3 Å². The van der Waals surface area contributed by atoms with Crippen molar-refractivity contribution in [2.75, 3.05) is 19.5 Å². The quantitative estimate of drug-likeness (QED) is 0.703. The number of anilines is 1. The van der Waals surface area contributed by atoms with Crippen LogP contribution in [0.2, 0.25) is 0 Å². The summed E-state index contributed by atoms with van der Waals surface area (Å²) in [6, 6.07) is 13.5. The summed E-state index contributed by atoms with van der Waals surface area (Å²) in [7, 11) is 3.18. The number of hydrogen-bond donors (Lipinski definition) is 1. The average Bonchev–Trinajstić information content (AvgIpc) is 3.00. The molecule has 2 aromatic carbocycles. The lowest BCUT2D eigenvalue weighted by Gasteiger charge is -2.12. The lowest BCUT2D eigenvalue weighted by molar-refractivity contribution is -0.115. The van der Waals surface area contributed by atoms with Crippen molar-refractivity contribution in [3.8, 4) is 17.2 Å². The number of aryl methyl sites for hydroxylation is 3. The van der Waals surface area contributed by atoms with Gasteiger partial charge in [-0.2, -0.15) is 5.10 Å². The third-order valence-electron chi connectivity index (χ3n) is 4.39. The molecule has 0 atom stereocenters. The van der Waals surface area contributed by atoms with Crippen LogP contribution in [0.5, 0.6) is 11.5 Å². The van der Waals surface area contributed by atoms with Crippen molar-refractivity contribution < 1.29 is 14.3 Å². The van der Waals surface area contributed by atoms with Gasteiger partial charge in [-0.3, -0.25) is 4.79 Å². The standard InChI is InChI=1S/C22H25N3O3/c1-14-8-15(2)10-18(9-14)25-21(11-16(3)24-25)23-22(26)13-17-12-19(27-4)6-7-20(17)28-5/h6-12H,13H2,1-5H3,(H,23,26). The first kappa shape index (κ1) is 19.5. The van der Waals surface area contributed by atoms with Gasteiger partial charge >= 0.3 is 0 Å². The van der Waals surface area contributed by atoms with Crippen LogP contribution in [0.25, 0.3) is 5.69 Å². The monoisotopic (exact) mass is 379 g/mol. The smallest absolute Gasteiger partial charge is 0.230 e. The summed E-state index contributed by atoms with van der Waals surface area (Å²) in [5.41, 5.74) is 4.78. The number of nitrogens with zero attached hydrogens (tertiary/aromatic N) is 2. The highest BCUT2D eigenvalue weighted by molar-refractivity contribution is 5.92. The van der Waals surface area contributed by atoms with Crippen molar-refractivity contribution in [2.24, 2.45) is 0 Å². The number of ether oxygens (including phenoxy) is 2. The number of carbonyl (C=O) groups excluding carboxylic acids is 1. The number of rotatable bonds is 6. The molecule has 1 N–H and O–H groups in total. The van der Waals surface area contributed by atoms with E-state index < -0.39 is 0 Å². The molecule has 0 unspecified atom stereocenters. The van der Waals surface area contributed by atoms with Gasteiger partial charge in [-0.05, 0) is 62.2 Å². The Hall–Kier alpha value is -3.28. The molecule has 6 nitrogen and oxygen atoms in total. The second kappa shape index (κ2) is 8.17. The fraction of sp³-hybridized carbons (Fsp3) is 0.273. The largest absolute Gasteiger partial charge is 0.497 e. The normalized spacial score (nSPS) is 10.6. The summed E-state index contributed by atoms with van der Waals surface area (Å²) in [4.78, 5) is 12.7. The first-order chi connectivity index (χ1) is 13.4. The highest BCUT2D eigenvalue weighted by atomic mass is 16.5. The summed E-state index contributed by atoms with van der Waals surface area (Å²) in [6.45, 7) is 5.99. The Morgan fingerprint density at radius 2 is 1.71 bits per heavy atom. The molecule has 3 rings (SSSR count). The van der Waals surface area contributed by atoms with Crippen molar-refractivity contribution >= 4 is 11.7 Å². The van der Waals surface area contributed by atoms with E-state index in [9.17, 15) is 4.79 Å². The lowest BCUT2D eigenvalue weighted by Crippen LogP contribution is -2.17. The summed E-state index contributed by atoms with van der Waals surface area (Å²) in [5, 5.41) is 7.51. The van der Waals surface area contributed by atoms with Crippen molar-refractivity contribution in [3.63, 3.8) is 0 Å². The highest BCUT2D eigenvalue weighted by Gasteiger charge is 2.14. The molecule has 1 heterocycles. The summed E-state index contributed by atoms with van der Waals surface area (Å²) in [6.07, 6.45) is 0.164. The van der Waals surface area contributed by atoms with E-state index in [1.807, 2.05) is 45.0 Å². The van der Waals surface area contributed by atoms with Crippen LogP contribution >= 0.6 is 0 Å². The summed E-state index contributed by atoms with van der Waals surface area (Å²) >= 11 is 0. The average molecular weight is 379 g/mol. The maximum Gasteiger partial charge on any atom is 0.230 e. The predicted octanol–water partition coefficient (Wildman–Crippen LogP) is 4.00. The first-order valence-electron chi connectivity index (χ1n) is 9.05. The Labute approximate surface area is 165 Å². The molecule has 0 fully saturated rings. The van der Waals surface area contributed by atoms with E-state index in [1.54, 1.807) is 31.0 Å². The second-order valence-electron chi connectivity index (χ2n) is 6.83. The molecular formula is C22H25N3O3. The molecule has 0 aliphatic carbocycles. The van der Waals surface area contributed by atoms with Gasteiger partial charge in [0.05, 0.1) is 32.0 Å². The Balaban J connectivity index is 1.86. The van der Waals surface area contributed by atoms with E-state index >= 15 is 0 Å². The molecular weight excluding hydrogens is 354 g/mol. The number of benzene rings is 2. The number of nitrogens with one attached hydrogen (secondary N) is 1. The SMILES string of the molecule is COc1ccc(OC)c(CC(=O)Nc2cc(C)nn2-c2cc(C)cc(C)c2)c1. The molecule has 0 spiro atoms. The van der Waals surface area contributed by atoms with E-state index in [4.69, 9.17) is 9.47 Å². The molecule has 0 bridgehead atoms. The minimum Gasteiger partial charge on any atom is -0.497 e. The van der Waals surface area contributed by atoms with Gasteiger partial charge in [0, 0.05) is 11.6 Å². The minimum absolute atomic E-state index is 0.155. The van der Waals surface area contributed by atoms with Gasteiger partial charge in [0.25, 0.3) is 0 Å². The van der Waals surface area contributed by atoms with Gasteiger partial charge in [0.15, 0.2) is 0 Å². The van der Waals surface area contributed by atoms with Crippen LogP contribution in [0.4, 0.5) is 5.82 Å². The molecule has 0 saturated carbocycles. The molecule has 0 radical (unpaired) electrons. The predicted molar refractivity (Wildman–Crippen MR) is 110 cm³/mol. The fourth-order valence-corrected chi connectivity index (χ4v) is 3.24. The molecule has 6 heteroatoms. The van der Waals surface area contributed by atoms with Gasteiger partial charge in [-0.15, -0.1) is 0 Å². The zero-order valence-electron chi connectivity index (χ0n) is 16.9. The molecule has 3 aromatic rings. The maximum absolute atomic E-state index is 12.7. The topological polar surface area (TPSA) is 65.4 Å². The van der Waals surface area contributed by atoms with Crippen LogP contribution in [0.3, 0.4) is 0 Å². The van der Waals surface area contributed by atoms with Gasteiger partial charge in [-0.1, -0.05) is 6.07 Å². The third-order valence-corrected chi connectivity index (χ3v) is 4.39. The van der Waals surface area contributed by atoms with Crippen molar-refractivity contribution in [1.29, 1.82) is 0 Å². The van der Waals surface area contributed by atoms with Crippen LogP contribution in [-0.2, 0) is 11.2 Å². The van der Waals surface area contributed by atoms with E-state index in [0.717, 1.165) is 28.1 Å². The van der Waals surface area contributed by atoms with Gasteiger partial charge in [0.1, 0.15) is 17.3 Å². The molecule has 0 aliphatic rings. The van der Waals surface area contributed by atoms with E-state index in [2.05, 4.69) is 16.5 Å². The van der Waals surface area contributed by atoms with Crippen LogP contribution in [0, 0.1) is 20.8 Å². The number of amides is 1. The number of methoxy groups -OCH3 is 2. The molecule has 0 saturated heterocycles. The van der Waals surface area contributed by atoms with Crippen LogP contribution in [-0.4, -0.2) is 29.9 Å². The van der Waals surface area contributed by atoms with Crippen molar-refractivity contribution in [2.45, 2.75) is 27.2 Å². The second-order valence-corrected chi connectivity index (χ2v) is 6.83. The molecule has 28 heavy (non-hydrogen) atoms. The molecule has 0 aliphatic heterocycles. The molecule has 1 amide bonds. The number of aromatic nitrogens is 2. The van der Waals surface area contributed by atoms with E-state index in [1.165, 1.54) is 0 Å². The third kappa shape index (κ3) is 4.34. The number of hydrogen-bond acceptors (Lipinski definition) is 4. The summed E-state index contributed by atoms with van der Waals surface area (Å²) < 4.78 is 12.4. The van der Waals surface area contributed by atoms with E-state index in [-0.39, 0.29) is 12.3 Å².